The molecule has 4 fully saturated rings. The average molecular weight is 387 g/mol. The van der Waals surface area contributed by atoms with E-state index in [9.17, 15) is 14.4 Å². The topological polar surface area (TPSA) is 85.5 Å². The zero-order chi connectivity index (χ0) is 20.2. The first kappa shape index (κ1) is 19.2. The summed E-state index contributed by atoms with van der Waals surface area (Å²) in [6.07, 6.45) is 5.58. The summed E-state index contributed by atoms with van der Waals surface area (Å²) >= 11 is 0. The van der Waals surface area contributed by atoms with E-state index in [1.54, 1.807) is 20.8 Å². The number of H-pyrrole nitrogens is 1. The van der Waals surface area contributed by atoms with Crippen LogP contribution in [-0.2, 0) is 14.3 Å². The SMILES string of the molecule is COC(=O)c1c(C)[nH]c(C(=O)C(C)OC(=O)C23CC4CC(CC(C4)C2)C3)c1C. The van der Waals surface area contributed by atoms with Crippen LogP contribution in [0.2, 0.25) is 0 Å². The minimum absolute atomic E-state index is 0.207. The number of rotatable bonds is 5. The molecule has 1 atom stereocenters. The molecule has 6 nitrogen and oxygen atoms in total. The Kier molecular flexibility index (Phi) is 4.63. The molecule has 0 amide bonds. The second-order valence-corrected chi connectivity index (χ2v) is 9.23. The van der Waals surface area contributed by atoms with Crippen LogP contribution in [0.25, 0.3) is 0 Å². The van der Waals surface area contributed by atoms with Crippen molar-refractivity contribution in [1.29, 1.82) is 0 Å². The predicted molar refractivity (Wildman–Crippen MR) is 102 cm³/mol. The van der Waals surface area contributed by atoms with Gasteiger partial charge in [0.25, 0.3) is 0 Å². The standard InChI is InChI=1S/C22H29NO5/c1-11-17(20(25)27-4)12(2)23-18(11)19(24)13(3)28-21(26)22-8-14-5-15(9-22)7-16(6-14)10-22/h13-16,23H,5-10H2,1-4H3. The second-order valence-electron chi connectivity index (χ2n) is 9.23. The highest BCUT2D eigenvalue weighted by Gasteiger charge is 2.55. The van der Waals surface area contributed by atoms with E-state index in [-0.39, 0.29) is 17.2 Å². The van der Waals surface area contributed by atoms with Gasteiger partial charge in [-0.15, -0.1) is 0 Å². The summed E-state index contributed by atoms with van der Waals surface area (Å²) in [6, 6.07) is 0. The van der Waals surface area contributed by atoms with E-state index < -0.39 is 12.1 Å². The van der Waals surface area contributed by atoms with Gasteiger partial charge in [0.05, 0.1) is 23.8 Å². The number of hydrogen-bond acceptors (Lipinski definition) is 5. The molecule has 4 saturated carbocycles. The first-order valence-corrected chi connectivity index (χ1v) is 10.3. The van der Waals surface area contributed by atoms with Gasteiger partial charge in [0.1, 0.15) is 0 Å². The number of carbonyl (C=O) groups is 3. The van der Waals surface area contributed by atoms with Crippen LogP contribution in [0, 0.1) is 37.0 Å². The van der Waals surface area contributed by atoms with Crippen molar-refractivity contribution in [1.82, 2.24) is 4.98 Å². The Balaban J connectivity index is 1.50. The van der Waals surface area contributed by atoms with Crippen LogP contribution >= 0.6 is 0 Å². The summed E-state index contributed by atoms with van der Waals surface area (Å²) < 4.78 is 10.5. The molecule has 1 unspecified atom stereocenters. The number of esters is 2. The van der Waals surface area contributed by atoms with Gasteiger partial charge in [-0.05, 0) is 82.6 Å². The van der Waals surface area contributed by atoms with Crippen LogP contribution in [0.3, 0.4) is 0 Å². The predicted octanol–water partition coefficient (Wildman–Crippen LogP) is 3.75. The van der Waals surface area contributed by atoms with Crippen LogP contribution in [-0.4, -0.2) is 35.9 Å². The Morgan fingerprint density at radius 3 is 2.07 bits per heavy atom. The van der Waals surface area contributed by atoms with Gasteiger partial charge in [-0.1, -0.05) is 0 Å². The van der Waals surface area contributed by atoms with E-state index >= 15 is 0 Å². The molecule has 4 bridgehead atoms. The lowest BCUT2D eigenvalue weighted by atomic mass is 9.49. The molecule has 1 heterocycles. The van der Waals surface area contributed by atoms with Crippen molar-refractivity contribution in [3.8, 4) is 0 Å². The third kappa shape index (κ3) is 2.97. The molecule has 1 N–H and O–H groups in total. The van der Waals surface area contributed by atoms with Crippen molar-refractivity contribution >= 4 is 17.7 Å². The fourth-order valence-electron chi connectivity index (χ4n) is 6.31. The summed E-state index contributed by atoms with van der Waals surface area (Å²) in [5, 5.41) is 0. The van der Waals surface area contributed by atoms with Gasteiger partial charge in [-0.2, -0.15) is 0 Å². The molecule has 0 aromatic carbocycles. The van der Waals surface area contributed by atoms with Gasteiger partial charge in [0.15, 0.2) is 6.10 Å². The third-order valence-electron chi connectivity index (χ3n) is 7.20. The Morgan fingerprint density at radius 1 is 1.04 bits per heavy atom. The minimum atomic E-state index is -0.886. The maximum atomic E-state index is 13.1. The van der Waals surface area contributed by atoms with E-state index in [4.69, 9.17) is 9.47 Å². The largest absolute Gasteiger partial charge is 0.465 e. The number of hydrogen-bond donors (Lipinski definition) is 1. The summed E-state index contributed by atoms with van der Waals surface area (Å²) in [6.45, 7) is 5.05. The van der Waals surface area contributed by atoms with Gasteiger partial charge in [-0.3, -0.25) is 9.59 Å². The minimum Gasteiger partial charge on any atom is -0.465 e. The number of Topliss-reactive ketones (excluding diaryl/α,β-unsaturated/α-hetero) is 1. The molecule has 1 aromatic heterocycles. The molecular formula is C22H29NO5. The van der Waals surface area contributed by atoms with E-state index in [0.29, 0.717) is 40.3 Å². The van der Waals surface area contributed by atoms with Gasteiger partial charge < -0.3 is 14.5 Å². The number of aromatic nitrogens is 1. The van der Waals surface area contributed by atoms with Crippen molar-refractivity contribution in [2.75, 3.05) is 7.11 Å². The molecule has 5 rings (SSSR count). The molecule has 0 aliphatic heterocycles. The molecule has 1 aromatic rings. The lowest BCUT2D eigenvalue weighted by Gasteiger charge is -2.55. The van der Waals surface area contributed by atoms with Crippen LogP contribution in [0.15, 0.2) is 0 Å². The van der Waals surface area contributed by atoms with E-state index in [0.717, 1.165) is 19.3 Å². The van der Waals surface area contributed by atoms with Crippen LogP contribution in [0.1, 0.15) is 77.6 Å². The highest BCUT2D eigenvalue weighted by Crippen LogP contribution is 2.60. The lowest BCUT2D eigenvalue weighted by Crippen LogP contribution is -2.51. The fraction of sp³-hybridized carbons (Fsp3) is 0.682. The number of ketones is 1. The van der Waals surface area contributed by atoms with Crippen LogP contribution in [0.5, 0.6) is 0 Å². The van der Waals surface area contributed by atoms with Crippen molar-refractivity contribution in [3.63, 3.8) is 0 Å². The first-order valence-electron chi connectivity index (χ1n) is 10.3. The number of methoxy groups -OCH3 is 1. The Morgan fingerprint density at radius 2 is 1.57 bits per heavy atom. The molecule has 0 saturated heterocycles. The van der Waals surface area contributed by atoms with Crippen molar-refractivity contribution in [2.24, 2.45) is 23.2 Å². The molecule has 28 heavy (non-hydrogen) atoms. The van der Waals surface area contributed by atoms with Crippen LogP contribution < -0.4 is 0 Å². The maximum Gasteiger partial charge on any atom is 0.339 e. The molecule has 0 radical (unpaired) electrons. The summed E-state index contributed by atoms with van der Waals surface area (Å²) in [7, 11) is 1.31. The Hall–Kier alpha value is -2.11. The quantitative estimate of drug-likeness (QED) is 0.614. The fourth-order valence-corrected chi connectivity index (χ4v) is 6.31. The van der Waals surface area contributed by atoms with Gasteiger partial charge in [0, 0.05) is 5.69 Å². The smallest absolute Gasteiger partial charge is 0.339 e. The van der Waals surface area contributed by atoms with E-state index in [1.165, 1.54) is 26.4 Å². The molecule has 152 valence electrons. The third-order valence-corrected chi connectivity index (χ3v) is 7.20. The first-order chi connectivity index (χ1) is 13.2. The number of nitrogens with one attached hydrogen (secondary N) is 1. The zero-order valence-electron chi connectivity index (χ0n) is 17.1. The van der Waals surface area contributed by atoms with E-state index in [2.05, 4.69) is 4.98 Å². The lowest BCUT2D eigenvalue weighted by molar-refractivity contribution is -0.174. The Bertz CT molecular complexity index is 801. The normalized spacial score (nSPS) is 31.5. The average Bonchev–Trinajstić information content (AvgIpc) is 2.93. The summed E-state index contributed by atoms with van der Waals surface area (Å²) in [5.41, 5.74) is 1.40. The molecule has 6 heteroatoms. The van der Waals surface area contributed by atoms with Crippen molar-refractivity contribution in [3.05, 3.63) is 22.5 Å². The van der Waals surface area contributed by atoms with Crippen molar-refractivity contribution < 1.29 is 23.9 Å². The Labute approximate surface area is 165 Å². The van der Waals surface area contributed by atoms with E-state index in [1.807, 2.05) is 0 Å². The van der Waals surface area contributed by atoms with Crippen LogP contribution in [0.4, 0.5) is 0 Å². The number of carbonyl (C=O) groups excluding carboxylic acids is 3. The summed E-state index contributed by atoms with van der Waals surface area (Å²) in [5.74, 6) is 0.918. The second kappa shape index (κ2) is 6.75. The number of aromatic amines is 1. The molecule has 4 aliphatic rings. The molecule has 0 spiro atoms. The molecular weight excluding hydrogens is 358 g/mol. The molecule has 4 aliphatic carbocycles. The van der Waals surface area contributed by atoms with Gasteiger partial charge in [-0.25, -0.2) is 4.79 Å². The number of ether oxygens (including phenoxy) is 2. The highest BCUT2D eigenvalue weighted by molar-refractivity contribution is 6.04. The van der Waals surface area contributed by atoms with Gasteiger partial charge >= 0.3 is 11.9 Å². The highest BCUT2D eigenvalue weighted by atomic mass is 16.5. The van der Waals surface area contributed by atoms with Gasteiger partial charge in [0.2, 0.25) is 5.78 Å². The summed E-state index contributed by atoms with van der Waals surface area (Å²) in [4.78, 5) is 41.0. The van der Waals surface area contributed by atoms with Crippen molar-refractivity contribution in [2.45, 2.75) is 65.4 Å². The maximum absolute atomic E-state index is 13.1. The monoisotopic (exact) mass is 387 g/mol. The number of aryl methyl sites for hydroxylation is 1. The zero-order valence-corrected chi connectivity index (χ0v) is 17.1.